The van der Waals surface area contributed by atoms with E-state index in [0.717, 1.165) is 5.56 Å². The van der Waals surface area contributed by atoms with E-state index >= 15 is 0 Å². The summed E-state index contributed by atoms with van der Waals surface area (Å²) in [5.41, 5.74) is 6.28. The van der Waals surface area contributed by atoms with Crippen LogP contribution in [0, 0.1) is 0 Å². The molecule has 2 aromatic rings. The van der Waals surface area contributed by atoms with Crippen LogP contribution in [0.3, 0.4) is 0 Å². The van der Waals surface area contributed by atoms with Crippen molar-refractivity contribution in [1.29, 1.82) is 0 Å². The number of ether oxygens (including phenoxy) is 3. The minimum atomic E-state index is -0.0912. The van der Waals surface area contributed by atoms with Crippen molar-refractivity contribution in [1.82, 2.24) is 9.78 Å². The smallest absolute Gasteiger partial charge is 0.225 e. The van der Waals surface area contributed by atoms with Crippen LogP contribution in [-0.2, 0) is 11.3 Å². The van der Waals surface area contributed by atoms with Crippen molar-refractivity contribution in [3.63, 3.8) is 0 Å². The largest absolute Gasteiger partial charge is 0.493 e. The second kappa shape index (κ2) is 10.5. The Bertz CT molecular complexity index is 721. The Labute approximate surface area is 159 Å². The number of nitrogens with two attached hydrogens (primary N) is 1. The molecule has 26 heavy (non-hydrogen) atoms. The van der Waals surface area contributed by atoms with E-state index in [1.807, 2.05) is 6.07 Å². The molecule has 1 aromatic heterocycles. The quantitative estimate of drug-likeness (QED) is 0.686. The van der Waals surface area contributed by atoms with Crippen LogP contribution < -0.4 is 25.3 Å². The lowest BCUT2D eigenvalue weighted by molar-refractivity contribution is -0.116. The Morgan fingerprint density at radius 1 is 1.15 bits per heavy atom. The highest BCUT2D eigenvalue weighted by Gasteiger charge is 2.17. The van der Waals surface area contributed by atoms with Crippen molar-refractivity contribution in [3.05, 3.63) is 30.0 Å². The van der Waals surface area contributed by atoms with Crippen molar-refractivity contribution in [2.75, 3.05) is 33.2 Å². The van der Waals surface area contributed by atoms with Crippen molar-refractivity contribution in [2.45, 2.75) is 19.4 Å². The maximum absolute atomic E-state index is 11.9. The number of hydrogen-bond acceptors (Lipinski definition) is 6. The van der Waals surface area contributed by atoms with E-state index in [-0.39, 0.29) is 18.3 Å². The Balaban J connectivity index is 0.00000338. The first-order chi connectivity index (χ1) is 12.1. The molecule has 0 unspecified atom stereocenters. The molecule has 0 saturated carbocycles. The summed E-state index contributed by atoms with van der Waals surface area (Å²) >= 11 is 0. The minimum absolute atomic E-state index is 0. The normalized spacial score (nSPS) is 10.0. The first kappa shape index (κ1) is 21.6. The van der Waals surface area contributed by atoms with Gasteiger partial charge in [0, 0.05) is 18.1 Å². The summed E-state index contributed by atoms with van der Waals surface area (Å²) in [5.74, 6) is 2.19. The Kier molecular flexibility index (Phi) is 8.74. The zero-order valence-corrected chi connectivity index (χ0v) is 16.0. The number of anilines is 1. The molecule has 3 N–H and O–H groups in total. The van der Waals surface area contributed by atoms with Gasteiger partial charge in [-0.25, -0.2) is 4.68 Å². The monoisotopic (exact) mass is 384 g/mol. The molecule has 0 aliphatic heterocycles. The van der Waals surface area contributed by atoms with Crippen molar-refractivity contribution >= 4 is 24.1 Å². The third-order valence-corrected chi connectivity index (χ3v) is 3.70. The number of carbonyl (C=O) groups excluding carboxylic acids is 1. The molecule has 0 spiro atoms. The van der Waals surface area contributed by atoms with Crippen LogP contribution in [0.2, 0.25) is 0 Å². The van der Waals surface area contributed by atoms with Crippen LogP contribution >= 0.6 is 12.4 Å². The lowest BCUT2D eigenvalue weighted by Crippen LogP contribution is -2.17. The summed E-state index contributed by atoms with van der Waals surface area (Å²) in [6.07, 6.45) is 2.65. The zero-order valence-electron chi connectivity index (χ0n) is 15.2. The van der Waals surface area contributed by atoms with Crippen LogP contribution in [0.15, 0.2) is 24.4 Å². The molecular weight excluding hydrogens is 360 g/mol. The molecule has 1 aromatic carbocycles. The molecule has 0 saturated heterocycles. The molecule has 0 radical (unpaired) electrons. The van der Waals surface area contributed by atoms with Gasteiger partial charge in [-0.05, 0) is 25.1 Å². The first-order valence-electron chi connectivity index (χ1n) is 7.94. The van der Waals surface area contributed by atoms with Crippen LogP contribution in [-0.4, -0.2) is 43.6 Å². The summed E-state index contributed by atoms with van der Waals surface area (Å²) in [5, 5.41) is 7.11. The average molecular weight is 385 g/mol. The van der Waals surface area contributed by atoms with Crippen molar-refractivity contribution in [3.8, 4) is 17.2 Å². The van der Waals surface area contributed by atoms with Gasteiger partial charge in [0.25, 0.3) is 0 Å². The number of benzene rings is 1. The van der Waals surface area contributed by atoms with Crippen LogP contribution in [0.1, 0.15) is 18.4 Å². The molecule has 2 rings (SSSR count). The minimum Gasteiger partial charge on any atom is -0.493 e. The average Bonchev–Trinajstić information content (AvgIpc) is 3.05. The van der Waals surface area contributed by atoms with Crippen LogP contribution in [0.4, 0.5) is 5.82 Å². The third-order valence-electron chi connectivity index (χ3n) is 3.70. The van der Waals surface area contributed by atoms with Gasteiger partial charge in [-0.1, -0.05) is 0 Å². The number of nitrogens with zero attached hydrogens (tertiary/aromatic N) is 2. The molecule has 0 aliphatic rings. The highest BCUT2D eigenvalue weighted by Crippen LogP contribution is 2.40. The van der Waals surface area contributed by atoms with Gasteiger partial charge in [-0.15, -0.1) is 12.4 Å². The molecule has 0 fully saturated rings. The highest BCUT2D eigenvalue weighted by molar-refractivity contribution is 5.89. The number of carbonyl (C=O) groups is 1. The number of hydrogen-bond donors (Lipinski definition) is 2. The zero-order chi connectivity index (χ0) is 18.2. The second-order valence-electron chi connectivity index (χ2n) is 5.31. The third kappa shape index (κ3) is 5.03. The fourth-order valence-corrected chi connectivity index (χ4v) is 2.48. The molecular formula is C17H25ClN4O4. The molecule has 144 valence electrons. The Hall–Kier alpha value is -2.45. The first-order valence-corrected chi connectivity index (χ1v) is 7.94. The SMILES string of the molecule is COc1ccc(Cn2nccc2NC(=O)CCCN)c(OC)c1OC.Cl. The molecule has 0 bridgehead atoms. The van der Waals surface area contributed by atoms with Crippen molar-refractivity contribution in [2.24, 2.45) is 5.73 Å². The molecule has 1 heterocycles. The van der Waals surface area contributed by atoms with Gasteiger partial charge in [-0.3, -0.25) is 4.79 Å². The summed E-state index contributed by atoms with van der Waals surface area (Å²) < 4.78 is 17.9. The van der Waals surface area contributed by atoms with Gasteiger partial charge in [0.05, 0.1) is 34.1 Å². The highest BCUT2D eigenvalue weighted by atomic mass is 35.5. The predicted octanol–water partition coefficient (Wildman–Crippen LogP) is 2.06. The van der Waals surface area contributed by atoms with Crippen LogP contribution in [0.25, 0.3) is 0 Å². The fourth-order valence-electron chi connectivity index (χ4n) is 2.48. The van der Waals surface area contributed by atoms with E-state index in [0.29, 0.717) is 49.0 Å². The fraction of sp³-hybridized carbons (Fsp3) is 0.412. The van der Waals surface area contributed by atoms with Gasteiger partial charge in [0.1, 0.15) is 5.82 Å². The van der Waals surface area contributed by atoms with Crippen LogP contribution in [0.5, 0.6) is 17.2 Å². The number of halogens is 1. The summed E-state index contributed by atoms with van der Waals surface area (Å²) in [7, 11) is 4.69. The van der Waals surface area contributed by atoms with E-state index in [2.05, 4.69) is 10.4 Å². The second-order valence-corrected chi connectivity index (χ2v) is 5.31. The number of amides is 1. The molecule has 8 nitrogen and oxygen atoms in total. The van der Waals surface area contributed by atoms with Gasteiger partial charge < -0.3 is 25.3 Å². The number of nitrogens with one attached hydrogen (secondary N) is 1. The predicted molar refractivity (Wildman–Crippen MR) is 102 cm³/mol. The van der Waals surface area contributed by atoms with E-state index in [1.165, 1.54) is 0 Å². The van der Waals surface area contributed by atoms with Gasteiger partial charge in [0.15, 0.2) is 11.5 Å². The summed E-state index contributed by atoms with van der Waals surface area (Å²) in [4.78, 5) is 11.9. The number of rotatable bonds is 9. The molecule has 0 atom stereocenters. The topological polar surface area (TPSA) is 101 Å². The van der Waals surface area contributed by atoms with Crippen molar-refractivity contribution < 1.29 is 19.0 Å². The van der Waals surface area contributed by atoms with E-state index in [1.54, 1.807) is 44.3 Å². The van der Waals surface area contributed by atoms with Gasteiger partial charge >= 0.3 is 0 Å². The maximum atomic E-state index is 11.9. The number of methoxy groups -OCH3 is 3. The summed E-state index contributed by atoms with van der Waals surface area (Å²) in [6, 6.07) is 5.43. The molecule has 9 heteroatoms. The Morgan fingerprint density at radius 3 is 2.50 bits per heavy atom. The lowest BCUT2D eigenvalue weighted by atomic mass is 10.1. The molecule has 0 aliphatic carbocycles. The molecule has 1 amide bonds. The van der Waals surface area contributed by atoms with Gasteiger partial charge in [-0.2, -0.15) is 5.10 Å². The van der Waals surface area contributed by atoms with E-state index < -0.39 is 0 Å². The standard InChI is InChI=1S/C17H24N4O4.ClH/c1-23-13-7-6-12(16(24-2)17(13)25-3)11-21-14(8-10-19-21)20-15(22)5-4-9-18;/h6-8,10H,4-5,9,11,18H2,1-3H3,(H,20,22);1H. The van der Waals surface area contributed by atoms with E-state index in [9.17, 15) is 4.79 Å². The summed E-state index contributed by atoms with van der Waals surface area (Å²) in [6.45, 7) is 0.887. The van der Waals surface area contributed by atoms with Gasteiger partial charge in [0.2, 0.25) is 11.7 Å². The Morgan fingerprint density at radius 2 is 1.88 bits per heavy atom. The number of aromatic nitrogens is 2. The lowest BCUT2D eigenvalue weighted by Gasteiger charge is -2.16. The van der Waals surface area contributed by atoms with E-state index in [4.69, 9.17) is 19.9 Å². The maximum Gasteiger partial charge on any atom is 0.225 e.